The molecule has 0 bridgehead atoms. The molecule has 0 radical (unpaired) electrons. The molecule has 0 N–H and O–H groups in total. The molecule has 2 aliphatic rings. The van der Waals surface area contributed by atoms with Crippen molar-refractivity contribution in [3.8, 4) is 0 Å². The maximum atomic E-state index is 11.6. The van der Waals surface area contributed by atoms with E-state index in [2.05, 4.69) is 10.1 Å². The van der Waals surface area contributed by atoms with Crippen LogP contribution < -0.4 is 0 Å². The van der Waals surface area contributed by atoms with Gasteiger partial charge in [0.15, 0.2) is 15.7 Å². The molecule has 2 heterocycles. The molecule has 1 aromatic heterocycles. The zero-order valence-corrected chi connectivity index (χ0v) is 14.4. The third-order valence-corrected chi connectivity index (χ3v) is 6.32. The predicted octanol–water partition coefficient (Wildman–Crippen LogP) is 2.45. The van der Waals surface area contributed by atoms with Crippen molar-refractivity contribution < 1.29 is 17.7 Å². The van der Waals surface area contributed by atoms with Crippen molar-refractivity contribution in [1.82, 2.24) is 10.1 Å². The van der Waals surface area contributed by atoms with Gasteiger partial charge in [0.25, 0.3) is 0 Å². The Morgan fingerprint density at radius 2 is 1.96 bits per heavy atom. The number of ether oxygens (including phenoxy) is 1. The van der Waals surface area contributed by atoms with Gasteiger partial charge in [0.2, 0.25) is 5.89 Å². The summed E-state index contributed by atoms with van der Waals surface area (Å²) in [5.41, 5.74) is 0.764. The third kappa shape index (κ3) is 2.56. The summed E-state index contributed by atoms with van der Waals surface area (Å²) in [5.74, 6) is 1.58. The van der Waals surface area contributed by atoms with Crippen LogP contribution in [0.5, 0.6) is 0 Å². The van der Waals surface area contributed by atoms with Gasteiger partial charge < -0.3 is 9.26 Å². The van der Waals surface area contributed by atoms with Gasteiger partial charge in [-0.25, -0.2) is 8.42 Å². The van der Waals surface area contributed by atoms with Gasteiger partial charge in [-0.05, 0) is 37.0 Å². The highest BCUT2D eigenvalue weighted by molar-refractivity contribution is 7.90. The van der Waals surface area contributed by atoms with Gasteiger partial charge in [-0.1, -0.05) is 23.7 Å². The molecule has 1 aliphatic heterocycles. The largest absolute Gasteiger partial charge is 0.381 e. The molecule has 7 heteroatoms. The van der Waals surface area contributed by atoms with Gasteiger partial charge in [0.05, 0.1) is 16.9 Å². The Hall–Kier alpha value is -1.73. The van der Waals surface area contributed by atoms with E-state index in [-0.39, 0.29) is 11.3 Å². The van der Waals surface area contributed by atoms with E-state index in [4.69, 9.17) is 9.26 Å². The van der Waals surface area contributed by atoms with Crippen LogP contribution in [-0.4, -0.2) is 38.0 Å². The highest BCUT2D eigenvalue weighted by Crippen LogP contribution is 2.48. The smallest absolute Gasteiger partial charge is 0.237 e. The number of rotatable bonds is 4. The number of hydrogen-bond donors (Lipinski definition) is 0. The molecule has 2 aromatic rings. The first kappa shape index (κ1) is 15.8. The lowest BCUT2D eigenvalue weighted by Crippen LogP contribution is -2.36. The van der Waals surface area contributed by atoms with Crippen molar-refractivity contribution in [1.29, 1.82) is 0 Å². The summed E-state index contributed by atoms with van der Waals surface area (Å²) in [5, 5.41) is 4.17. The first-order valence-electron chi connectivity index (χ1n) is 8.21. The van der Waals surface area contributed by atoms with E-state index in [1.807, 2.05) is 12.1 Å². The molecule has 0 amide bonds. The Bertz CT molecular complexity index is 832. The summed E-state index contributed by atoms with van der Waals surface area (Å²) in [4.78, 5) is 4.99. The quantitative estimate of drug-likeness (QED) is 0.844. The highest BCUT2D eigenvalue weighted by Gasteiger charge is 2.45. The minimum atomic E-state index is -3.19. The van der Waals surface area contributed by atoms with Crippen molar-refractivity contribution in [3.63, 3.8) is 0 Å². The van der Waals surface area contributed by atoms with Gasteiger partial charge in [-0.2, -0.15) is 4.98 Å². The Morgan fingerprint density at radius 3 is 2.50 bits per heavy atom. The molecule has 128 valence electrons. The molecule has 6 nitrogen and oxygen atoms in total. The fourth-order valence-corrected chi connectivity index (χ4v) is 4.14. The summed E-state index contributed by atoms with van der Waals surface area (Å²) < 4.78 is 34.3. The van der Waals surface area contributed by atoms with Crippen molar-refractivity contribution in [2.45, 2.75) is 41.9 Å². The molecule has 1 aromatic carbocycles. The van der Waals surface area contributed by atoms with E-state index in [1.165, 1.54) is 6.26 Å². The van der Waals surface area contributed by atoms with Gasteiger partial charge in [-0.3, -0.25) is 0 Å². The van der Waals surface area contributed by atoms with Crippen molar-refractivity contribution in [2.24, 2.45) is 0 Å². The van der Waals surface area contributed by atoms with Crippen LogP contribution in [0.25, 0.3) is 0 Å². The summed E-state index contributed by atoms with van der Waals surface area (Å²) >= 11 is 0. The average Bonchev–Trinajstić information content (AvgIpc) is 3.17. The van der Waals surface area contributed by atoms with Crippen LogP contribution in [0.3, 0.4) is 0 Å². The van der Waals surface area contributed by atoms with Crippen molar-refractivity contribution in [3.05, 3.63) is 41.5 Å². The van der Waals surface area contributed by atoms with Gasteiger partial charge in [0, 0.05) is 18.8 Å². The van der Waals surface area contributed by atoms with Crippen LogP contribution in [0.2, 0.25) is 0 Å². The molecule has 1 atom stereocenters. The molecule has 24 heavy (non-hydrogen) atoms. The molecule has 2 fully saturated rings. The number of hydrogen-bond acceptors (Lipinski definition) is 6. The Balaban J connectivity index is 1.66. The Morgan fingerprint density at radius 1 is 1.21 bits per heavy atom. The second kappa shape index (κ2) is 5.67. The molecule has 1 saturated carbocycles. The summed E-state index contributed by atoms with van der Waals surface area (Å²) in [6.45, 7) is 1.39. The average molecular weight is 348 g/mol. The molecule has 1 aliphatic carbocycles. The van der Waals surface area contributed by atoms with E-state index >= 15 is 0 Å². The second-order valence-electron chi connectivity index (χ2n) is 6.75. The summed E-state index contributed by atoms with van der Waals surface area (Å²) in [6.07, 6.45) is 5.12. The second-order valence-corrected chi connectivity index (χ2v) is 8.77. The first-order chi connectivity index (χ1) is 11.5. The topological polar surface area (TPSA) is 82.3 Å². The fraction of sp³-hybridized carbons (Fsp3) is 0.529. The Labute approximate surface area is 141 Å². The number of benzene rings is 1. The predicted molar refractivity (Wildman–Crippen MR) is 86.7 cm³/mol. The summed E-state index contributed by atoms with van der Waals surface area (Å²) in [7, 11) is -3.19. The van der Waals surface area contributed by atoms with Crippen molar-refractivity contribution >= 4 is 9.84 Å². The Kier molecular flexibility index (Phi) is 3.73. The maximum absolute atomic E-state index is 11.6. The SMILES string of the molecule is CS(=O)(=O)c1ccc(C2(c3nc([C@H]4CCOC4)no3)CCC2)cc1. The minimum Gasteiger partial charge on any atom is -0.381 e. The van der Waals surface area contributed by atoms with Crippen LogP contribution in [0.1, 0.15) is 48.9 Å². The lowest BCUT2D eigenvalue weighted by molar-refractivity contribution is 0.192. The van der Waals surface area contributed by atoms with E-state index in [0.717, 1.165) is 43.7 Å². The maximum Gasteiger partial charge on any atom is 0.237 e. The molecular weight excluding hydrogens is 328 g/mol. The zero-order valence-electron chi connectivity index (χ0n) is 13.6. The van der Waals surface area contributed by atoms with E-state index in [0.29, 0.717) is 17.4 Å². The van der Waals surface area contributed by atoms with Crippen LogP contribution in [0, 0.1) is 0 Å². The van der Waals surface area contributed by atoms with E-state index in [9.17, 15) is 8.42 Å². The van der Waals surface area contributed by atoms with Gasteiger partial charge in [0.1, 0.15) is 0 Å². The number of sulfone groups is 1. The van der Waals surface area contributed by atoms with Gasteiger partial charge in [-0.15, -0.1) is 0 Å². The highest BCUT2D eigenvalue weighted by atomic mass is 32.2. The van der Waals surface area contributed by atoms with E-state index in [1.54, 1.807) is 12.1 Å². The molecule has 4 rings (SSSR count). The van der Waals surface area contributed by atoms with Crippen molar-refractivity contribution in [2.75, 3.05) is 19.5 Å². The van der Waals surface area contributed by atoms with E-state index < -0.39 is 9.84 Å². The standard InChI is InChI=1S/C17H20N2O4S/c1-24(20,21)14-5-3-13(4-6-14)17(8-2-9-17)16-18-15(19-23-16)12-7-10-22-11-12/h3-6,12H,2,7-11H2,1H3/t12-/m0/s1. The lowest BCUT2D eigenvalue weighted by atomic mass is 9.64. The minimum absolute atomic E-state index is 0.215. The molecule has 0 unspecified atom stereocenters. The van der Waals surface area contributed by atoms with Crippen LogP contribution in [-0.2, 0) is 20.0 Å². The van der Waals surface area contributed by atoms with Gasteiger partial charge >= 0.3 is 0 Å². The van der Waals surface area contributed by atoms with Crippen LogP contribution >= 0.6 is 0 Å². The lowest BCUT2D eigenvalue weighted by Gasteiger charge is -2.39. The van der Waals surface area contributed by atoms with Crippen LogP contribution in [0.4, 0.5) is 0 Å². The number of aromatic nitrogens is 2. The normalized spacial score (nSPS) is 23.1. The molecule has 1 saturated heterocycles. The number of nitrogens with zero attached hydrogens (tertiary/aromatic N) is 2. The summed E-state index contributed by atoms with van der Waals surface area (Å²) in [6, 6.07) is 7.07. The monoisotopic (exact) mass is 348 g/mol. The zero-order chi connectivity index (χ0) is 16.8. The van der Waals surface area contributed by atoms with Crippen LogP contribution in [0.15, 0.2) is 33.7 Å². The molecule has 0 spiro atoms. The third-order valence-electron chi connectivity index (χ3n) is 5.19. The molecular formula is C17H20N2O4S. The fourth-order valence-electron chi connectivity index (χ4n) is 3.51. The first-order valence-corrected chi connectivity index (χ1v) is 10.1.